The van der Waals surface area contributed by atoms with Crippen molar-refractivity contribution < 1.29 is 4.79 Å². The van der Waals surface area contributed by atoms with Gasteiger partial charge in [0.1, 0.15) is 0 Å². The number of hydrogen-bond acceptors (Lipinski definition) is 4. The lowest BCUT2D eigenvalue weighted by molar-refractivity contribution is 0.0955. The third-order valence-corrected chi connectivity index (χ3v) is 1.42. The van der Waals surface area contributed by atoms with Crippen LogP contribution in [0.2, 0.25) is 0 Å². The molecule has 0 fully saturated rings. The summed E-state index contributed by atoms with van der Waals surface area (Å²) in [5, 5.41) is 3.68. The second kappa shape index (κ2) is 5.08. The van der Waals surface area contributed by atoms with Crippen molar-refractivity contribution in [2.45, 2.75) is 13.0 Å². The first kappa shape index (κ1) is 10.3. The molecule has 1 amide bonds. The summed E-state index contributed by atoms with van der Waals surface area (Å²) >= 11 is 0. The largest absolute Gasteiger partial charge is 0.323 e. The normalized spacial score (nSPS) is 12.7. The minimum Gasteiger partial charge on any atom is -0.323 e. The molecule has 1 heterocycles. The van der Waals surface area contributed by atoms with Crippen molar-refractivity contribution in [3.05, 3.63) is 30.1 Å². The minimum atomic E-state index is -0.274. The van der Waals surface area contributed by atoms with Crippen molar-refractivity contribution in [3.63, 3.8) is 0 Å². The topological polar surface area (TPSA) is 80.4 Å². The Morgan fingerprint density at radius 2 is 2.29 bits per heavy atom. The van der Waals surface area contributed by atoms with E-state index in [2.05, 4.69) is 15.5 Å². The molecule has 0 aromatic carbocycles. The third kappa shape index (κ3) is 3.32. The van der Waals surface area contributed by atoms with Crippen LogP contribution < -0.4 is 11.2 Å². The standard InChI is InChI=1S/C9H12N4O/c1-7(10)6-12-13-9(14)8-2-4-11-5-3-8/h2-7H,10H2,1H3,(H,13,14)/b12-6+. The Morgan fingerprint density at radius 3 is 2.86 bits per heavy atom. The maximum atomic E-state index is 11.3. The minimum absolute atomic E-state index is 0.173. The molecule has 0 spiro atoms. The lowest BCUT2D eigenvalue weighted by Crippen LogP contribution is -2.22. The molecule has 1 aromatic heterocycles. The van der Waals surface area contributed by atoms with Crippen LogP contribution in [0.1, 0.15) is 17.3 Å². The van der Waals surface area contributed by atoms with Crippen LogP contribution in [0, 0.1) is 0 Å². The molecule has 1 unspecified atom stereocenters. The summed E-state index contributed by atoms with van der Waals surface area (Å²) < 4.78 is 0. The van der Waals surface area contributed by atoms with Crippen LogP contribution in [-0.2, 0) is 0 Å². The molecular formula is C9H12N4O. The van der Waals surface area contributed by atoms with Crippen LogP contribution >= 0.6 is 0 Å². The molecule has 0 saturated carbocycles. The lowest BCUT2D eigenvalue weighted by atomic mass is 10.3. The zero-order valence-electron chi connectivity index (χ0n) is 7.84. The molecule has 0 aliphatic heterocycles. The summed E-state index contributed by atoms with van der Waals surface area (Å²) in [5.41, 5.74) is 8.28. The first-order valence-electron chi connectivity index (χ1n) is 4.19. The van der Waals surface area contributed by atoms with Gasteiger partial charge in [0.05, 0.1) is 0 Å². The Labute approximate surface area is 82.0 Å². The van der Waals surface area contributed by atoms with Crippen molar-refractivity contribution in [2.24, 2.45) is 10.8 Å². The van der Waals surface area contributed by atoms with Crippen LogP contribution in [0.5, 0.6) is 0 Å². The smallest absolute Gasteiger partial charge is 0.271 e. The van der Waals surface area contributed by atoms with Gasteiger partial charge in [0.2, 0.25) is 0 Å². The fourth-order valence-corrected chi connectivity index (χ4v) is 0.781. The molecule has 74 valence electrons. The summed E-state index contributed by atoms with van der Waals surface area (Å²) in [6.07, 6.45) is 4.55. The van der Waals surface area contributed by atoms with Crippen LogP contribution in [0.3, 0.4) is 0 Å². The highest BCUT2D eigenvalue weighted by Crippen LogP contribution is 1.94. The Kier molecular flexibility index (Phi) is 3.75. The third-order valence-electron chi connectivity index (χ3n) is 1.42. The highest BCUT2D eigenvalue weighted by Gasteiger charge is 2.01. The first-order valence-corrected chi connectivity index (χ1v) is 4.19. The second-order valence-corrected chi connectivity index (χ2v) is 2.81. The van der Waals surface area contributed by atoms with Gasteiger partial charge in [-0.05, 0) is 19.1 Å². The van der Waals surface area contributed by atoms with Crippen molar-refractivity contribution in [3.8, 4) is 0 Å². The average Bonchev–Trinajstić information content (AvgIpc) is 2.18. The van der Waals surface area contributed by atoms with E-state index in [0.29, 0.717) is 5.56 Å². The quantitative estimate of drug-likeness (QED) is 0.528. The number of rotatable bonds is 3. The van der Waals surface area contributed by atoms with Crippen LogP contribution in [0.15, 0.2) is 29.6 Å². The summed E-state index contributed by atoms with van der Waals surface area (Å²) in [7, 11) is 0. The number of hydrazone groups is 1. The molecule has 0 aliphatic carbocycles. The Bertz CT molecular complexity index is 321. The van der Waals surface area contributed by atoms with Crippen molar-refractivity contribution in [1.29, 1.82) is 0 Å². The molecule has 1 aromatic rings. The maximum absolute atomic E-state index is 11.3. The second-order valence-electron chi connectivity index (χ2n) is 2.81. The van der Waals surface area contributed by atoms with Gasteiger partial charge in [-0.1, -0.05) is 0 Å². The number of hydrogen-bond donors (Lipinski definition) is 2. The average molecular weight is 192 g/mol. The summed E-state index contributed by atoms with van der Waals surface area (Å²) in [4.78, 5) is 15.1. The van der Waals surface area contributed by atoms with Gasteiger partial charge in [-0.25, -0.2) is 5.43 Å². The van der Waals surface area contributed by atoms with E-state index in [1.165, 1.54) is 6.21 Å². The summed E-state index contributed by atoms with van der Waals surface area (Å²) in [5.74, 6) is -0.274. The van der Waals surface area contributed by atoms with Crippen molar-refractivity contribution >= 4 is 12.1 Å². The Hall–Kier alpha value is -1.75. The van der Waals surface area contributed by atoms with Gasteiger partial charge in [0, 0.05) is 30.2 Å². The molecular weight excluding hydrogens is 180 g/mol. The molecule has 1 atom stereocenters. The Balaban J connectivity index is 2.52. The number of nitrogens with one attached hydrogen (secondary N) is 1. The molecule has 0 bridgehead atoms. The number of aromatic nitrogens is 1. The zero-order chi connectivity index (χ0) is 10.4. The zero-order valence-corrected chi connectivity index (χ0v) is 7.84. The van der Waals surface area contributed by atoms with E-state index in [-0.39, 0.29) is 11.9 Å². The van der Waals surface area contributed by atoms with Gasteiger partial charge in [-0.2, -0.15) is 5.10 Å². The number of carbonyl (C=O) groups excluding carboxylic acids is 1. The monoisotopic (exact) mass is 192 g/mol. The molecule has 0 saturated heterocycles. The van der Waals surface area contributed by atoms with E-state index in [9.17, 15) is 4.79 Å². The lowest BCUT2D eigenvalue weighted by Gasteiger charge is -1.99. The number of carbonyl (C=O) groups is 1. The van der Waals surface area contributed by atoms with E-state index >= 15 is 0 Å². The van der Waals surface area contributed by atoms with Gasteiger partial charge in [-0.15, -0.1) is 0 Å². The van der Waals surface area contributed by atoms with E-state index in [0.717, 1.165) is 0 Å². The van der Waals surface area contributed by atoms with Gasteiger partial charge in [0.15, 0.2) is 0 Å². The van der Waals surface area contributed by atoms with E-state index < -0.39 is 0 Å². The molecule has 0 aliphatic rings. The first-order chi connectivity index (χ1) is 6.70. The molecule has 5 heteroatoms. The highest BCUT2D eigenvalue weighted by atomic mass is 16.2. The van der Waals surface area contributed by atoms with E-state index in [4.69, 9.17) is 5.73 Å². The highest BCUT2D eigenvalue weighted by molar-refractivity contribution is 5.94. The summed E-state index contributed by atoms with van der Waals surface area (Å²) in [6.45, 7) is 1.77. The van der Waals surface area contributed by atoms with Crippen molar-refractivity contribution in [1.82, 2.24) is 10.4 Å². The molecule has 1 rings (SSSR count). The molecule has 5 nitrogen and oxygen atoms in total. The van der Waals surface area contributed by atoms with Crippen LogP contribution in [0.25, 0.3) is 0 Å². The van der Waals surface area contributed by atoms with Gasteiger partial charge < -0.3 is 5.73 Å². The number of nitrogens with two attached hydrogens (primary N) is 1. The van der Waals surface area contributed by atoms with Gasteiger partial charge >= 0.3 is 0 Å². The summed E-state index contributed by atoms with van der Waals surface area (Å²) in [6, 6.07) is 3.04. The van der Waals surface area contributed by atoms with Crippen LogP contribution in [0.4, 0.5) is 0 Å². The van der Waals surface area contributed by atoms with Gasteiger partial charge in [0.25, 0.3) is 5.91 Å². The molecule has 0 radical (unpaired) electrons. The Morgan fingerprint density at radius 1 is 1.64 bits per heavy atom. The number of nitrogens with zero attached hydrogens (tertiary/aromatic N) is 2. The van der Waals surface area contributed by atoms with Crippen molar-refractivity contribution in [2.75, 3.05) is 0 Å². The van der Waals surface area contributed by atoms with E-state index in [1.807, 2.05) is 0 Å². The SMILES string of the molecule is CC(N)/C=N/NC(=O)c1ccncc1. The number of pyridine rings is 1. The predicted octanol–water partition coefficient (Wildman–Crippen LogP) is 0.144. The predicted molar refractivity (Wildman–Crippen MR) is 53.8 cm³/mol. The maximum Gasteiger partial charge on any atom is 0.271 e. The van der Waals surface area contributed by atoms with Crippen LogP contribution in [-0.4, -0.2) is 23.1 Å². The fraction of sp³-hybridized carbons (Fsp3) is 0.222. The molecule has 14 heavy (non-hydrogen) atoms. The van der Waals surface area contributed by atoms with E-state index in [1.54, 1.807) is 31.5 Å². The fourth-order valence-electron chi connectivity index (χ4n) is 0.781. The number of amides is 1. The molecule has 3 N–H and O–H groups in total. The van der Waals surface area contributed by atoms with Gasteiger partial charge in [-0.3, -0.25) is 9.78 Å².